The normalized spacial score (nSPS) is 11.4. The van der Waals surface area contributed by atoms with Gasteiger partial charge in [-0.15, -0.1) is 0 Å². The first-order valence-corrected chi connectivity index (χ1v) is 6.59. The van der Waals surface area contributed by atoms with Gasteiger partial charge in [0.15, 0.2) is 0 Å². The maximum atomic E-state index is 12.8. The lowest BCUT2D eigenvalue weighted by molar-refractivity contribution is 0.596. The molecule has 0 heterocycles. The minimum Gasteiger partial charge on any atom is -0.320 e. The maximum absolute atomic E-state index is 12.8. The summed E-state index contributed by atoms with van der Waals surface area (Å²) in [5.74, 6) is -0.444. The van der Waals surface area contributed by atoms with Crippen molar-refractivity contribution in [2.75, 3.05) is 24.1 Å². The van der Waals surface area contributed by atoms with Gasteiger partial charge in [0.25, 0.3) is 0 Å². The predicted molar refractivity (Wildman–Crippen MR) is 62.4 cm³/mol. The Morgan fingerprint density at radius 1 is 1.38 bits per heavy atom. The average molecular weight is 246 g/mol. The van der Waals surface area contributed by atoms with Crippen LogP contribution in [0, 0.1) is 5.82 Å². The van der Waals surface area contributed by atoms with Gasteiger partial charge in [0.2, 0.25) is 10.0 Å². The van der Waals surface area contributed by atoms with Crippen molar-refractivity contribution in [1.82, 2.24) is 5.32 Å². The molecule has 6 heteroatoms. The van der Waals surface area contributed by atoms with Crippen LogP contribution in [0.5, 0.6) is 0 Å². The van der Waals surface area contributed by atoms with E-state index in [4.69, 9.17) is 0 Å². The molecule has 0 fully saturated rings. The van der Waals surface area contributed by atoms with Gasteiger partial charge in [-0.2, -0.15) is 0 Å². The van der Waals surface area contributed by atoms with Gasteiger partial charge < -0.3 is 5.32 Å². The van der Waals surface area contributed by atoms with Crippen molar-refractivity contribution < 1.29 is 12.8 Å². The number of sulfonamides is 1. The lowest BCUT2D eigenvalue weighted by atomic mass is 10.3. The van der Waals surface area contributed by atoms with Gasteiger partial charge in [-0.1, -0.05) is 6.07 Å². The molecule has 90 valence electrons. The quantitative estimate of drug-likeness (QED) is 0.741. The summed E-state index contributed by atoms with van der Waals surface area (Å²) in [6, 6.07) is 5.38. The predicted octanol–water partition coefficient (Wildman–Crippen LogP) is 1.18. The van der Waals surface area contributed by atoms with E-state index in [-0.39, 0.29) is 11.4 Å². The van der Waals surface area contributed by atoms with Gasteiger partial charge in [0, 0.05) is 0 Å². The summed E-state index contributed by atoms with van der Waals surface area (Å²) in [4.78, 5) is 0. The van der Waals surface area contributed by atoms with Gasteiger partial charge in [-0.05, 0) is 38.2 Å². The first kappa shape index (κ1) is 12.9. The highest BCUT2D eigenvalue weighted by molar-refractivity contribution is 7.92. The smallest absolute Gasteiger partial charge is 0.232 e. The largest absolute Gasteiger partial charge is 0.320 e. The van der Waals surface area contributed by atoms with Gasteiger partial charge in [-0.3, -0.25) is 4.72 Å². The number of anilines is 1. The third-order valence-electron chi connectivity index (χ3n) is 1.94. The topological polar surface area (TPSA) is 58.2 Å². The fraction of sp³-hybridized carbons (Fsp3) is 0.400. The molecular weight excluding hydrogens is 231 g/mol. The number of rotatable bonds is 6. The molecule has 0 aliphatic rings. The molecule has 0 bridgehead atoms. The number of benzene rings is 1. The molecule has 4 nitrogen and oxygen atoms in total. The molecule has 0 unspecified atom stereocenters. The second-order valence-electron chi connectivity index (χ2n) is 3.39. The Balaban J connectivity index is 2.59. The Morgan fingerprint density at radius 2 is 2.12 bits per heavy atom. The van der Waals surface area contributed by atoms with E-state index >= 15 is 0 Å². The highest BCUT2D eigenvalue weighted by Gasteiger charge is 2.09. The van der Waals surface area contributed by atoms with E-state index in [0.29, 0.717) is 13.0 Å². The molecule has 0 aliphatic heterocycles. The fourth-order valence-corrected chi connectivity index (χ4v) is 2.33. The molecule has 0 aliphatic carbocycles. The first-order chi connectivity index (χ1) is 7.53. The van der Waals surface area contributed by atoms with Crippen LogP contribution in [0.15, 0.2) is 24.3 Å². The molecule has 1 aromatic rings. The van der Waals surface area contributed by atoms with E-state index in [9.17, 15) is 12.8 Å². The molecule has 0 spiro atoms. The van der Waals surface area contributed by atoms with Crippen molar-refractivity contribution in [3.8, 4) is 0 Å². The van der Waals surface area contributed by atoms with E-state index in [2.05, 4.69) is 10.0 Å². The van der Waals surface area contributed by atoms with Crippen LogP contribution in [0.4, 0.5) is 10.1 Å². The number of hydrogen-bond acceptors (Lipinski definition) is 3. The molecule has 2 N–H and O–H groups in total. The summed E-state index contributed by atoms with van der Waals surface area (Å²) in [6.45, 7) is 0.629. The Morgan fingerprint density at radius 3 is 2.75 bits per heavy atom. The van der Waals surface area contributed by atoms with Crippen LogP contribution in [0.3, 0.4) is 0 Å². The maximum Gasteiger partial charge on any atom is 0.232 e. The monoisotopic (exact) mass is 246 g/mol. The second-order valence-corrected chi connectivity index (χ2v) is 5.23. The van der Waals surface area contributed by atoms with Crippen LogP contribution in [0.1, 0.15) is 6.42 Å². The zero-order chi connectivity index (χ0) is 12.0. The van der Waals surface area contributed by atoms with Crippen LogP contribution in [0.25, 0.3) is 0 Å². The van der Waals surface area contributed by atoms with Crippen LogP contribution in [-0.4, -0.2) is 27.8 Å². The van der Waals surface area contributed by atoms with E-state index in [0.717, 1.165) is 6.07 Å². The van der Waals surface area contributed by atoms with Crippen molar-refractivity contribution in [1.29, 1.82) is 0 Å². The summed E-state index contributed by atoms with van der Waals surface area (Å²) < 4.78 is 38.2. The third kappa shape index (κ3) is 4.59. The molecule has 0 aromatic heterocycles. The van der Waals surface area contributed by atoms with Crippen LogP contribution in [-0.2, 0) is 10.0 Å². The lowest BCUT2D eigenvalue weighted by Crippen LogP contribution is -2.20. The van der Waals surface area contributed by atoms with Gasteiger partial charge in [0.1, 0.15) is 5.82 Å². The second kappa shape index (κ2) is 5.81. The third-order valence-corrected chi connectivity index (χ3v) is 3.31. The standard InChI is InChI=1S/C10H15FN2O2S/c1-12-6-3-7-16(14,15)13-10-5-2-4-9(11)8-10/h2,4-5,8,12-13H,3,6-7H2,1H3. The molecule has 1 rings (SSSR count). The molecule has 0 saturated carbocycles. The molecule has 0 radical (unpaired) electrons. The average Bonchev–Trinajstić information content (AvgIpc) is 2.17. The van der Waals surface area contributed by atoms with Gasteiger partial charge in [-0.25, -0.2) is 12.8 Å². The molecule has 0 amide bonds. The summed E-state index contributed by atoms with van der Waals surface area (Å²) in [5, 5.41) is 2.86. The molecule has 16 heavy (non-hydrogen) atoms. The number of hydrogen-bond donors (Lipinski definition) is 2. The van der Waals surface area contributed by atoms with Crippen LogP contribution < -0.4 is 10.0 Å². The summed E-state index contributed by atoms with van der Waals surface area (Å²) >= 11 is 0. The highest BCUT2D eigenvalue weighted by atomic mass is 32.2. The van der Waals surface area contributed by atoms with Crippen molar-refractivity contribution in [3.63, 3.8) is 0 Å². The number of halogens is 1. The van der Waals surface area contributed by atoms with E-state index in [1.807, 2.05) is 0 Å². The van der Waals surface area contributed by atoms with E-state index < -0.39 is 15.8 Å². The Bertz CT molecular complexity index is 434. The number of nitrogens with one attached hydrogen (secondary N) is 2. The minimum absolute atomic E-state index is 0.0182. The minimum atomic E-state index is -3.38. The SMILES string of the molecule is CNCCCS(=O)(=O)Nc1cccc(F)c1. The molecule has 0 atom stereocenters. The molecular formula is C10H15FN2O2S. The van der Waals surface area contributed by atoms with E-state index in [1.165, 1.54) is 18.2 Å². The lowest BCUT2D eigenvalue weighted by Gasteiger charge is -2.07. The summed E-state index contributed by atoms with van der Waals surface area (Å²) in [6.07, 6.45) is 0.515. The highest BCUT2D eigenvalue weighted by Crippen LogP contribution is 2.11. The Labute approximate surface area is 94.9 Å². The Hall–Kier alpha value is -1.14. The van der Waals surface area contributed by atoms with Crippen molar-refractivity contribution in [3.05, 3.63) is 30.1 Å². The van der Waals surface area contributed by atoms with Crippen LogP contribution >= 0.6 is 0 Å². The zero-order valence-corrected chi connectivity index (χ0v) is 9.85. The fourth-order valence-electron chi connectivity index (χ4n) is 1.22. The zero-order valence-electron chi connectivity index (χ0n) is 9.03. The van der Waals surface area contributed by atoms with Crippen molar-refractivity contribution in [2.24, 2.45) is 0 Å². The van der Waals surface area contributed by atoms with Crippen LogP contribution in [0.2, 0.25) is 0 Å². The van der Waals surface area contributed by atoms with E-state index in [1.54, 1.807) is 7.05 Å². The van der Waals surface area contributed by atoms with Gasteiger partial charge in [0.05, 0.1) is 11.4 Å². The molecule has 0 saturated heterocycles. The summed E-state index contributed by atoms with van der Waals surface area (Å²) in [5.41, 5.74) is 0.254. The first-order valence-electron chi connectivity index (χ1n) is 4.94. The van der Waals surface area contributed by atoms with Crippen molar-refractivity contribution in [2.45, 2.75) is 6.42 Å². The van der Waals surface area contributed by atoms with Crippen molar-refractivity contribution >= 4 is 15.7 Å². The molecule has 1 aromatic carbocycles. The van der Waals surface area contributed by atoms with Gasteiger partial charge >= 0.3 is 0 Å². The Kier molecular flexibility index (Phi) is 4.70. The summed E-state index contributed by atoms with van der Waals surface area (Å²) in [7, 11) is -1.62.